The van der Waals surface area contributed by atoms with Gasteiger partial charge in [0.15, 0.2) is 0 Å². The molecule has 130 valence electrons. The molecule has 0 unspecified atom stereocenters. The van der Waals surface area contributed by atoms with Crippen LogP contribution in [0.4, 0.5) is 11.4 Å². The Labute approximate surface area is 159 Å². The van der Waals surface area contributed by atoms with Gasteiger partial charge in [-0.15, -0.1) is 0 Å². The van der Waals surface area contributed by atoms with Gasteiger partial charge >= 0.3 is 0 Å². The van der Waals surface area contributed by atoms with E-state index >= 15 is 0 Å². The van der Waals surface area contributed by atoms with Crippen LogP contribution in [0, 0.1) is 0 Å². The van der Waals surface area contributed by atoms with Crippen molar-refractivity contribution in [1.82, 2.24) is 0 Å². The number of hydrogen-bond acceptors (Lipinski definition) is 2. The molecule has 0 radical (unpaired) electrons. The van der Waals surface area contributed by atoms with Crippen LogP contribution in [0.2, 0.25) is 0 Å². The average Bonchev–Trinajstić information content (AvgIpc) is 2.99. The van der Waals surface area contributed by atoms with Crippen molar-refractivity contribution in [3.05, 3.63) is 119 Å². The Balaban J connectivity index is 2.00. The third-order valence-corrected chi connectivity index (χ3v) is 5.60. The Morgan fingerprint density at radius 1 is 0.481 bits per heavy atom. The summed E-state index contributed by atoms with van der Waals surface area (Å²) in [5.41, 5.74) is 20.9. The molecule has 0 bridgehead atoms. The second-order valence-corrected chi connectivity index (χ2v) is 7.09. The highest BCUT2D eigenvalue weighted by atomic mass is 14.6. The van der Waals surface area contributed by atoms with E-state index in [1.54, 1.807) is 0 Å². The zero-order chi connectivity index (χ0) is 18.4. The van der Waals surface area contributed by atoms with Gasteiger partial charge in [0.25, 0.3) is 0 Å². The molecule has 0 aromatic heterocycles. The van der Waals surface area contributed by atoms with E-state index in [-0.39, 0.29) is 0 Å². The molecule has 5 rings (SSSR count). The van der Waals surface area contributed by atoms with E-state index in [1.165, 1.54) is 33.4 Å². The maximum Gasteiger partial charge on any atom is 0.0715 e. The van der Waals surface area contributed by atoms with Gasteiger partial charge in [0.05, 0.1) is 5.41 Å². The fraction of sp³-hybridized carbons (Fsp3) is 0.0400. The van der Waals surface area contributed by atoms with Gasteiger partial charge in [-0.3, -0.25) is 0 Å². The van der Waals surface area contributed by atoms with Crippen LogP contribution in [0.5, 0.6) is 0 Å². The van der Waals surface area contributed by atoms with Crippen LogP contribution in [0.15, 0.2) is 97.1 Å². The molecule has 4 aromatic rings. The van der Waals surface area contributed by atoms with E-state index in [4.69, 9.17) is 11.5 Å². The molecule has 0 saturated heterocycles. The maximum absolute atomic E-state index is 6.25. The van der Waals surface area contributed by atoms with Gasteiger partial charge in [0.1, 0.15) is 0 Å². The molecule has 0 saturated carbocycles. The Morgan fingerprint density at radius 2 is 0.889 bits per heavy atom. The predicted molar refractivity (Wildman–Crippen MR) is 113 cm³/mol. The number of hydrogen-bond donors (Lipinski definition) is 2. The molecule has 2 nitrogen and oxygen atoms in total. The van der Waals surface area contributed by atoms with Crippen molar-refractivity contribution < 1.29 is 0 Å². The first-order valence-corrected chi connectivity index (χ1v) is 9.12. The Bertz CT molecular complexity index is 1040. The van der Waals surface area contributed by atoms with Crippen LogP contribution in [0.25, 0.3) is 11.1 Å². The van der Waals surface area contributed by atoms with Crippen LogP contribution in [0.1, 0.15) is 22.3 Å². The average molecular weight is 348 g/mol. The van der Waals surface area contributed by atoms with E-state index in [1.807, 2.05) is 12.1 Å². The second kappa shape index (κ2) is 5.75. The number of fused-ring (bicyclic) bond motifs is 3. The first-order valence-electron chi connectivity index (χ1n) is 9.12. The summed E-state index contributed by atoms with van der Waals surface area (Å²) < 4.78 is 0. The van der Waals surface area contributed by atoms with Gasteiger partial charge in [-0.2, -0.15) is 0 Å². The first-order chi connectivity index (χ1) is 13.2. The van der Waals surface area contributed by atoms with Crippen molar-refractivity contribution in [3.8, 4) is 11.1 Å². The van der Waals surface area contributed by atoms with Crippen LogP contribution in [-0.2, 0) is 5.41 Å². The van der Waals surface area contributed by atoms with Crippen molar-refractivity contribution in [3.63, 3.8) is 0 Å². The lowest BCUT2D eigenvalue weighted by Gasteiger charge is -2.34. The Kier molecular flexibility index (Phi) is 3.34. The van der Waals surface area contributed by atoms with E-state index in [0.717, 1.165) is 11.4 Å². The van der Waals surface area contributed by atoms with Crippen molar-refractivity contribution >= 4 is 11.4 Å². The van der Waals surface area contributed by atoms with E-state index < -0.39 is 5.41 Å². The van der Waals surface area contributed by atoms with Gasteiger partial charge in [-0.1, -0.05) is 72.8 Å². The fourth-order valence-corrected chi connectivity index (χ4v) is 4.52. The van der Waals surface area contributed by atoms with Gasteiger partial charge in [0.2, 0.25) is 0 Å². The predicted octanol–water partition coefficient (Wildman–Crippen LogP) is 5.21. The standard InChI is InChI=1S/C25H20N2/c26-19-11-13-21-22-14-12-20(27)16-24(22)25(23(21)15-19,17-7-3-1-4-8-17)18-9-5-2-6-10-18/h1-16H,26-27H2. The highest BCUT2D eigenvalue weighted by molar-refractivity contribution is 5.88. The van der Waals surface area contributed by atoms with Crippen molar-refractivity contribution in [2.24, 2.45) is 0 Å². The first kappa shape index (κ1) is 15.7. The van der Waals surface area contributed by atoms with E-state index in [9.17, 15) is 0 Å². The minimum atomic E-state index is -0.433. The molecule has 0 heterocycles. The van der Waals surface area contributed by atoms with E-state index in [2.05, 4.69) is 84.9 Å². The molecular weight excluding hydrogens is 328 g/mol. The molecule has 0 aliphatic heterocycles. The molecule has 0 spiro atoms. The number of benzene rings is 4. The maximum atomic E-state index is 6.25. The zero-order valence-electron chi connectivity index (χ0n) is 14.9. The summed E-state index contributed by atoms with van der Waals surface area (Å²) in [6.45, 7) is 0. The molecule has 0 fully saturated rings. The molecule has 1 aliphatic carbocycles. The SMILES string of the molecule is Nc1ccc2c(c1)C(c1ccccc1)(c1ccccc1)c1cc(N)ccc1-2. The van der Waals surface area contributed by atoms with Crippen LogP contribution >= 0.6 is 0 Å². The van der Waals surface area contributed by atoms with Gasteiger partial charge in [-0.05, 0) is 57.6 Å². The minimum absolute atomic E-state index is 0.433. The highest BCUT2D eigenvalue weighted by Crippen LogP contribution is 2.56. The van der Waals surface area contributed by atoms with Gasteiger partial charge in [0, 0.05) is 11.4 Å². The zero-order valence-corrected chi connectivity index (χ0v) is 14.9. The lowest BCUT2D eigenvalue weighted by molar-refractivity contribution is 0.769. The molecule has 0 amide bonds. The smallest absolute Gasteiger partial charge is 0.0715 e. The van der Waals surface area contributed by atoms with Gasteiger partial charge in [-0.25, -0.2) is 0 Å². The topological polar surface area (TPSA) is 52.0 Å². The number of anilines is 2. The number of nitrogen functional groups attached to an aromatic ring is 2. The van der Waals surface area contributed by atoms with Crippen molar-refractivity contribution in [2.75, 3.05) is 11.5 Å². The van der Waals surface area contributed by atoms with E-state index in [0.29, 0.717) is 0 Å². The van der Waals surface area contributed by atoms with Crippen molar-refractivity contribution in [2.45, 2.75) is 5.41 Å². The highest BCUT2D eigenvalue weighted by Gasteiger charge is 2.46. The molecule has 27 heavy (non-hydrogen) atoms. The summed E-state index contributed by atoms with van der Waals surface area (Å²) >= 11 is 0. The molecule has 4 aromatic carbocycles. The van der Waals surface area contributed by atoms with Crippen LogP contribution in [-0.4, -0.2) is 0 Å². The number of rotatable bonds is 2. The molecule has 2 heteroatoms. The minimum Gasteiger partial charge on any atom is -0.399 e. The van der Waals surface area contributed by atoms with Crippen LogP contribution < -0.4 is 11.5 Å². The lowest BCUT2D eigenvalue weighted by atomic mass is 9.67. The van der Waals surface area contributed by atoms with Crippen molar-refractivity contribution in [1.29, 1.82) is 0 Å². The monoisotopic (exact) mass is 348 g/mol. The Morgan fingerprint density at radius 3 is 1.30 bits per heavy atom. The summed E-state index contributed by atoms with van der Waals surface area (Å²) in [5.74, 6) is 0. The summed E-state index contributed by atoms with van der Waals surface area (Å²) in [5, 5.41) is 0. The normalized spacial score (nSPS) is 13.8. The molecule has 0 atom stereocenters. The Hall–Kier alpha value is -3.52. The lowest BCUT2D eigenvalue weighted by Crippen LogP contribution is -2.28. The third kappa shape index (κ3) is 2.13. The second-order valence-electron chi connectivity index (χ2n) is 7.09. The quantitative estimate of drug-likeness (QED) is 0.430. The summed E-state index contributed by atoms with van der Waals surface area (Å²) in [6, 6.07) is 33.7. The molecule has 4 N–H and O–H groups in total. The van der Waals surface area contributed by atoms with Gasteiger partial charge < -0.3 is 11.5 Å². The summed E-state index contributed by atoms with van der Waals surface area (Å²) in [6.07, 6.45) is 0. The van der Waals surface area contributed by atoms with Crippen LogP contribution in [0.3, 0.4) is 0 Å². The molecule has 1 aliphatic rings. The number of nitrogens with two attached hydrogens (primary N) is 2. The largest absolute Gasteiger partial charge is 0.399 e. The fourth-order valence-electron chi connectivity index (χ4n) is 4.52. The molecular formula is C25H20N2. The summed E-state index contributed by atoms with van der Waals surface area (Å²) in [7, 11) is 0. The third-order valence-electron chi connectivity index (χ3n) is 5.60. The summed E-state index contributed by atoms with van der Waals surface area (Å²) in [4.78, 5) is 0.